The lowest BCUT2D eigenvalue weighted by molar-refractivity contribution is 0.486. The van der Waals surface area contributed by atoms with Crippen LogP contribution < -0.4 is 9.61 Å². The molecule has 0 fully saturated rings. The maximum atomic E-state index is 12.6. The first kappa shape index (κ1) is 24.4. The van der Waals surface area contributed by atoms with E-state index < -0.39 is 10.1 Å². The summed E-state index contributed by atoms with van der Waals surface area (Å²) >= 11 is 1.51. The maximum absolute atomic E-state index is 12.6. The molecular weight excluding hydrogens is 502 g/mol. The summed E-state index contributed by atoms with van der Waals surface area (Å²) in [7, 11) is -3.93. The molecule has 0 aliphatic rings. The Morgan fingerprint density at radius 1 is 0.838 bits per heavy atom. The molecule has 0 saturated carbocycles. The van der Waals surface area contributed by atoms with Crippen molar-refractivity contribution in [2.75, 3.05) is 5.43 Å². The molecular formula is C29H23N3O3S2. The van der Waals surface area contributed by atoms with Crippen molar-refractivity contribution in [3.63, 3.8) is 0 Å². The highest BCUT2D eigenvalue weighted by atomic mass is 32.2. The van der Waals surface area contributed by atoms with Gasteiger partial charge in [0.15, 0.2) is 0 Å². The van der Waals surface area contributed by atoms with Gasteiger partial charge in [0, 0.05) is 5.56 Å². The van der Waals surface area contributed by atoms with E-state index in [9.17, 15) is 8.42 Å². The van der Waals surface area contributed by atoms with Gasteiger partial charge in [-0.05, 0) is 42.3 Å². The first-order chi connectivity index (χ1) is 18.0. The lowest BCUT2D eigenvalue weighted by atomic mass is 10.1. The van der Waals surface area contributed by atoms with Gasteiger partial charge in [-0.3, -0.25) is 5.43 Å². The number of nitrogens with one attached hydrogen (secondary N) is 1. The van der Waals surface area contributed by atoms with Gasteiger partial charge >= 0.3 is 10.1 Å². The van der Waals surface area contributed by atoms with Gasteiger partial charge in [0.25, 0.3) is 0 Å². The number of rotatable bonds is 8. The second-order valence-corrected chi connectivity index (χ2v) is 10.8. The van der Waals surface area contributed by atoms with Crippen LogP contribution in [0.5, 0.6) is 5.75 Å². The Labute approximate surface area is 220 Å². The van der Waals surface area contributed by atoms with Gasteiger partial charge in [-0.2, -0.15) is 13.5 Å². The van der Waals surface area contributed by atoms with Gasteiger partial charge in [-0.25, -0.2) is 4.98 Å². The molecule has 0 aliphatic heterocycles. The van der Waals surface area contributed by atoms with E-state index in [0.717, 1.165) is 27.3 Å². The van der Waals surface area contributed by atoms with Crippen LogP contribution in [0.15, 0.2) is 119 Å². The fourth-order valence-electron chi connectivity index (χ4n) is 3.63. The van der Waals surface area contributed by atoms with E-state index in [0.29, 0.717) is 10.7 Å². The molecule has 0 bridgehead atoms. The molecule has 0 amide bonds. The normalized spacial score (nSPS) is 11.5. The molecule has 1 N–H and O–H groups in total. The van der Waals surface area contributed by atoms with E-state index in [-0.39, 0.29) is 10.6 Å². The summed E-state index contributed by atoms with van der Waals surface area (Å²) in [6.07, 6.45) is 1.59. The molecule has 5 aromatic rings. The zero-order chi connectivity index (χ0) is 25.7. The van der Waals surface area contributed by atoms with Crippen LogP contribution in [0.3, 0.4) is 0 Å². The highest BCUT2D eigenvalue weighted by molar-refractivity contribution is 7.87. The number of aromatic nitrogens is 1. The fraction of sp³-hybridized carbons (Fsp3) is 0.0345. The molecule has 0 atom stereocenters. The molecule has 5 rings (SSSR count). The van der Waals surface area contributed by atoms with Gasteiger partial charge < -0.3 is 4.18 Å². The Bertz CT molecular complexity index is 1570. The Hall–Kier alpha value is -4.27. The topological polar surface area (TPSA) is 80.7 Å². The van der Waals surface area contributed by atoms with Gasteiger partial charge in [-0.1, -0.05) is 102 Å². The largest absolute Gasteiger partial charge is 0.379 e. The van der Waals surface area contributed by atoms with E-state index in [1.165, 1.54) is 23.5 Å². The monoisotopic (exact) mass is 525 g/mol. The lowest BCUT2D eigenvalue weighted by Crippen LogP contribution is -2.09. The molecule has 8 heteroatoms. The third-order valence-corrected chi connectivity index (χ3v) is 7.73. The number of nitrogens with zero attached hydrogens (tertiary/aromatic N) is 2. The van der Waals surface area contributed by atoms with E-state index in [1.54, 1.807) is 36.5 Å². The van der Waals surface area contributed by atoms with Crippen molar-refractivity contribution in [1.29, 1.82) is 0 Å². The molecule has 1 heterocycles. The minimum Gasteiger partial charge on any atom is -0.379 e. The highest BCUT2D eigenvalue weighted by Gasteiger charge is 2.17. The number of hydrogen-bond acceptors (Lipinski definition) is 7. The Balaban J connectivity index is 1.34. The van der Waals surface area contributed by atoms with E-state index in [4.69, 9.17) is 9.17 Å². The summed E-state index contributed by atoms with van der Waals surface area (Å²) in [5.74, 6) is 0.205. The first-order valence-electron chi connectivity index (χ1n) is 11.5. The Morgan fingerprint density at radius 3 is 2.22 bits per heavy atom. The zero-order valence-corrected chi connectivity index (χ0v) is 21.5. The van der Waals surface area contributed by atoms with Crippen LogP contribution in [-0.4, -0.2) is 19.6 Å². The van der Waals surface area contributed by atoms with Crippen LogP contribution in [0.25, 0.3) is 21.7 Å². The summed E-state index contributed by atoms with van der Waals surface area (Å²) in [4.78, 5) is 5.93. The fourth-order valence-corrected chi connectivity index (χ4v) is 5.50. The number of anilines is 1. The summed E-state index contributed by atoms with van der Waals surface area (Å²) in [6, 6.07) is 33.4. The summed E-state index contributed by atoms with van der Waals surface area (Å²) in [5.41, 5.74) is 7.63. The Kier molecular flexibility index (Phi) is 7.11. The standard InChI is InChI=1S/C29H23N3O3S2/c1-21-15-17-26(18-16-21)37(33,34)35-25-14-8-9-22(19-25)20-30-32-29-31-27(23-10-4-2-5-11-23)28(36-29)24-12-6-3-7-13-24/h2-20H,1H3,(H,31,32)/b30-20-. The predicted octanol–water partition coefficient (Wildman–Crippen LogP) is 7.00. The van der Waals surface area contributed by atoms with Crippen molar-refractivity contribution in [2.45, 2.75) is 11.8 Å². The summed E-state index contributed by atoms with van der Waals surface area (Å²) in [6.45, 7) is 1.89. The molecule has 0 aliphatic carbocycles. The SMILES string of the molecule is Cc1ccc(S(=O)(=O)Oc2cccc(/C=N\Nc3nc(-c4ccccc4)c(-c4ccccc4)s3)c2)cc1. The quantitative estimate of drug-likeness (QED) is 0.134. The molecule has 37 heavy (non-hydrogen) atoms. The average Bonchev–Trinajstić information content (AvgIpc) is 3.34. The third kappa shape index (κ3) is 5.94. The average molecular weight is 526 g/mol. The van der Waals surface area contributed by atoms with Crippen LogP contribution >= 0.6 is 11.3 Å². The second kappa shape index (κ2) is 10.8. The van der Waals surface area contributed by atoms with Crippen LogP contribution in [0.2, 0.25) is 0 Å². The zero-order valence-electron chi connectivity index (χ0n) is 19.9. The molecule has 0 radical (unpaired) electrons. The van der Waals surface area contributed by atoms with Crippen molar-refractivity contribution in [2.24, 2.45) is 5.10 Å². The summed E-state index contributed by atoms with van der Waals surface area (Å²) < 4.78 is 30.6. The van der Waals surface area contributed by atoms with Crippen molar-refractivity contribution in [1.82, 2.24) is 4.98 Å². The molecule has 0 saturated heterocycles. The van der Waals surface area contributed by atoms with Crippen molar-refractivity contribution in [3.05, 3.63) is 120 Å². The minimum absolute atomic E-state index is 0.103. The minimum atomic E-state index is -3.93. The van der Waals surface area contributed by atoms with Gasteiger partial charge in [-0.15, -0.1) is 0 Å². The second-order valence-electron chi connectivity index (χ2n) is 8.22. The maximum Gasteiger partial charge on any atom is 0.339 e. The molecule has 184 valence electrons. The van der Waals surface area contributed by atoms with Crippen molar-refractivity contribution < 1.29 is 12.6 Å². The predicted molar refractivity (Wildman–Crippen MR) is 150 cm³/mol. The summed E-state index contributed by atoms with van der Waals surface area (Å²) in [5, 5.41) is 4.97. The molecule has 0 unspecified atom stereocenters. The van der Waals surface area contributed by atoms with E-state index in [2.05, 4.69) is 22.7 Å². The molecule has 1 aromatic heterocycles. The number of aryl methyl sites for hydroxylation is 1. The number of benzene rings is 4. The van der Waals surface area contributed by atoms with Crippen molar-refractivity contribution in [3.8, 4) is 27.4 Å². The first-order valence-corrected chi connectivity index (χ1v) is 13.7. The van der Waals surface area contributed by atoms with Crippen LogP contribution in [-0.2, 0) is 10.1 Å². The number of thiazole rings is 1. The van der Waals surface area contributed by atoms with Gasteiger partial charge in [0.05, 0.1) is 16.8 Å². The van der Waals surface area contributed by atoms with E-state index >= 15 is 0 Å². The molecule has 4 aromatic carbocycles. The van der Waals surface area contributed by atoms with E-state index in [1.807, 2.05) is 61.5 Å². The smallest absolute Gasteiger partial charge is 0.339 e. The van der Waals surface area contributed by atoms with Crippen molar-refractivity contribution >= 4 is 32.8 Å². The highest BCUT2D eigenvalue weighted by Crippen LogP contribution is 2.38. The molecule has 6 nitrogen and oxygen atoms in total. The Morgan fingerprint density at radius 2 is 1.51 bits per heavy atom. The van der Waals surface area contributed by atoms with Crippen LogP contribution in [0.4, 0.5) is 5.13 Å². The number of hydrogen-bond donors (Lipinski definition) is 1. The van der Waals surface area contributed by atoms with Crippen LogP contribution in [0, 0.1) is 6.92 Å². The van der Waals surface area contributed by atoms with Gasteiger partial charge in [0.1, 0.15) is 10.6 Å². The molecule has 0 spiro atoms. The van der Waals surface area contributed by atoms with Crippen LogP contribution in [0.1, 0.15) is 11.1 Å². The number of hydrazone groups is 1. The lowest BCUT2D eigenvalue weighted by Gasteiger charge is -2.07. The third-order valence-electron chi connectivity index (χ3n) is 5.46. The van der Waals surface area contributed by atoms with Gasteiger partial charge in [0.2, 0.25) is 5.13 Å².